The van der Waals surface area contributed by atoms with Crippen LogP contribution in [0.25, 0.3) is 0 Å². The average Bonchev–Trinajstić information content (AvgIpc) is 3.16. The predicted molar refractivity (Wildman–Crippen MR) is 96.7 cm³/mol. The second kappa shape index (κ2) is 10.8. The molecule has 0 spiro atoms. The monoisotopic (exact) mass is 374 g/mol. The van der Waals surface area contributed by atoms with Crippen molar-refractivity contribution in [1.82, 2.24) is 4.90 Å². The molecule has 1 aliphatic heterocycles. The molecule has 6 N–H and O–H groups in total. The summed E-state index contributed by atoms with van der Waals surface area (Å²) in [6.45, 7) is 5.10. The molecule has 0 aromatic rings. The number of β-amino-alcohol motifs (C(OH)–C–C–N with tert-alkyl or cyclic N) is 1. The minimum Gasteiger partial charge on any atom is -0.480 e. The molecule has 152 valence electrons. The molecule has 2 rings (SSSR count). The fourth-order valence-corrected chi connectivity index (χ4v) is 3.82. The van der Waals surface area contributed by atoms with Crippen molar-refractivity contribution in [2.24, 2.45) is 17.6 Å². The number of likely N-dealkylation sites (tertiary alicyclic amines) is 1. The zero-order chi connectivity index (χ0) is 19.9. The number of carbonyl (C=O) groups is 2. The SMILES string of the molecule is CC(O)CN1CCC[C@H]1C(=O)O.CC1CCC(C(O)CC(N)C(=O)O)C1. The third kappa shape index (κ3) is 7.57. The quantitative estimate of drug-likeness (QED) is 0.433. The maximum absolute atomic E-state index is 10.7. The van der Waals surface area contributed by atoms with Gasteiger partial charge in [-0.15, -0.1) is 0 Å². The van der Waals surface area contributed by atoms with Gasteiger partial charge in [0.2, 0.25) is 0 Å². The molecule has 2 aliphatic rings. The number of rotatable bonds is 7. The molecule has 1 saturated heterocycles. The summed E-state index contributed by atoms with van der Waals surface area (Å²) < 4.78 is 0. The van der Waals surface area contributed by atoms with Crippen LogP contribution in [0, 0.1) is 11.8 Å². The lowest BCUT2D eigenvalue weighted by atomic mass is 9.94. The molecule has 0 aromatic heterocycles. The van der Waals surface area contributed by atoms with Gasteiger partial charge in [-0.3, -0.25) is 14.5 Å². The number of aliphatic hydroxyl groups excluding tert-OH is 2. The van der Waals surface area contributed by atoms with Gasteiger partial charge in [-0.05, 0) is 57.4 Å². The zero-order valence-corrected chi connectivity index (χ0v) is 15.8. The maximum Gasteiger partial charge on any atom is 0.320 e. The number of hydrogen-bond donors (Lipinski definition) is 5. The van der Waals surface area contributed by atoms with Crippen molar-refractivity contribution in [3.05, 3.63) is 0 Å². The molecule has 8 heteroatoms. The Morgan fingerprint density at radius 2 is 1.85 bits per heavy atom. The molecular weight excluding hydrogens is 340 g/mol. The summed E-state index contributed by atoms with van der Waals surface area (Å²) in [5.74, 6) is -0.908. The standard InChI is InChI=1S/C10H19NO3.C8H15NO3/c1-6-2-3-7(4-6)9(12)5-8(11)10(13)14;1-6(10)5-9-4-2-3-7(9)8(11)12/h6-9,12H,2-5,11H2,1H3,(H,13,14);6-7,10H,2-5H2,1H3,(H,11,12)/t;6?,7-/m.0/s1. The van der Waals surface area contributed by atoms with E-state index in [1.807, 2.05) is 4.90 Å². The predicted octanol–water partition coefficient (Wildman–Crippen LogP) is 0.502. The Kier molecular flexibility index (Phi) is 9.49. The molecular formula is C18H34N2O6. The van der Waals surface area contributed by atoms with Gasteiger partial charge in [-0.2, -0.15) is 0 Å². The van der Waals surface area contributed by atoms with Crippen LogP contribution in [0.5, 0.6) is 0 Å². The summed E-state index contributed by atoms with van der Waals surface area (Å²) in [6.07, 6.45) is 3.93. The summed E-state index contributed by atoms with van der Waals surface area (Å²) in [7, 11) is 0. The van der Waals surface area contributed by atoms with E-state index in [0.29, 0.717) is 18.9 Å². The van der Waals surface area contributed by atoms with Gasteiger partial charge in [-0.25, -0.2) is 0 Å². The lowest BCUT2D eigenvalue weighted by Gasteiger charge is -2.21. The highest BCUT2D eigenvalue weighted by Gasteiger charge is 2.31. The molecule has 0 aromatic carbocycles. The molecule has 1 aliphatic carbocycles. The molecule has 6 atom stereocenters. The van der Waals surface area contributed by atoms with Gasteiger partial charge in [-0.1, -0.05) is 13.3 Å². The number of carboxylic acid groups (broad SMARTS) is 2. The fraction of sp³-hybridized carbons (Fsp3) is 0.889. The Balaban J connectivity index is 0.000000263. The summed E-state index contributed by atoms with van der Waals surface area (Å²) in [6, 6.07) is -1.31. The van der Waals surface area contributed by atoms with E-state index in [0.717, 1.165) is 32.2 Å². The topological polar surface area (TPSA) is 144 Å². The van der Waals surface area contributed by atoms with Crippen LogP contribution in [0.2, 0.25) is 0 Å². The highest BCUT2D eigenvalue weighted by Crippen LogP contribution is 2.33. The van der Waals surface area contributed by atoms with Gasteiger partial charge in [0.15, 0.2) is 0 Å². The summed E-state index contributed by atoms with van der Waals surface area (Å²) >= 11 is 0. The third-order valence-electron chi connectivity index (χ3n) is 5.24. The van der Waals surface area contributed by atoms with E-state index in [4.69, 9.17) is 21.1 Å². The summed E-state index contributed by atoms with van der Waals surface area (Å²) in [5, 5.41) is 36.2. The number of aliphatic hydroxyl groups is 2. The van der Waals surface area contributed by atoms with Crippen molar-refractivity contribution in [2.75, 3.05) is 13.1 Å². The number of carboxylic acids is 2. The molecule has 5 unspecified atom stereocenters. The zero-order valence-electron chi connectivity index (χ0n) is 15.8. The second-order valence-electron chi connectivity index (χ2n) is 7.77. The normalized spacial score (nSPS) is 29.5. The highest BCUT2D eigenvalue weighted by molar-refractivity contribution is 5.73. The molecule has 8 nitrogen and oxygen atoms in total. The number of hydrogen-bond acceptors (Lipinski definition) is 6. The van der Waals surface area contributed by atoms with E-state index in [1.165, 1.54) is 0 Å². The van der Waals surface area contributed by atoms with Gasteiger partial charge in [0.25, 0.3) is 0 Å². The van der Waals surface area contributed by atoms with Crippen molar-refractivity contribution < 1.29 is 30.0 Å². The largest absolute Gasteiger partial charge is 0.480 e. The molecule has 0 amide bonds. The Morgan fingerprint density at radius 3 is 2.31 bits per heavy atom. The van der Waals surface area contributed by atoms with Gasteiger partial charge in [0.05, 0.1) is 12.2 Å². The lowest BCUT2D eigenvalue weighted by Crippen LogP contribution is -2.39. The first-order chi connectivity index (χ1) is 12.1. The van der Waals surface area contributed by atoms with Crippen LogP contribution in [-0.2, 0) is 9.59 Å². The smallest absolute Gasteiger partial charge is 0.320 e. The van der Waals surface area contributed by atoms with Crippen LogP contribution >= 0.6 is 0 Å². The van der Waals surface area contributed by atoms with Crippen molar-refractivity contribution in [2.45, 2.75) is 76.7 Å². The van der Waals surface area contributed by atoms with Gasteiger partial charge in [0, 0.05) is 6.54 Å². The third-order valence-corrected chi connectivity index (χ3v) is 5.24. The first-order valence-electron chi connectivity index (χ1n) is 9.43. The van der Waals surface area contributed by atoms with E-state index < -0.39 is 30.2 Å². The lowest BCUT2D eigenvalue weighted by molar-refractivity contribution is -0.142. The highest BCUT2D eigenvalue weighted by atomic mass is 16.4. The van der Waals surface area contributed by atoms with Gasteiger partial charge >= 0.3 is 11.9 Å². The Bertz CT molecular complexity index is 459. The average molecular weight is 374 g/mol. The molecule has 0 bridgehead atoms. The van der Waals surface area contributed by atoms with Gasteiger partial charge < -0.3 is 26.2 Å². The van der Waals surface area contributed by atoms with Crippen molar-refractivity contribution >= 4 is 11.9 Å². The number of nitrogens with zero attached hydrogens (tertiary/aromatic N) is 1. The van der Waals surface area contributed by atoms with Crippen LogP contribution in [-0.4, -0.2) is 74.6 Å². The minimum atomic E-state index is -1.03. The van der Waals surface area contributed by atoms with Crippen LogP contribution in [0.15, 0.2) is 0 Å². The molecule has 1 heterocycles. The van der Waals surface area contributed by atoms with Gasteiger partial charge in [0.1, 0.15) is 12.1 Å². The first kappa shape index (κ1) is 22.8. The van der Waals surface area contributed by atoms with Crippen molar-refractivity contribution in [1.29, 1.82) is 0 Å². The second-order valence-corrected chi connectivity index (χ2v) is 7.77. The van der Waals surface area contributed by atoms with Crippen molar-refractivity contribution in [3.63, 3.8) is 0 Å². The van der Waals surface area contributed by atoms with Crippen LogP contribution < -0.4 is 5.73 Å². The summed E-state index contributed by atoms with van der Waals surface area (Å²) in [5.41, 5.74) is 5.36. The first-order valence-corrected chi connectivity index (χ1v) is 9.43. The molecule has 0 radical (unpaired) electrons. The van der Waals surface area contributed by atoms with Crippen LogP contribution in [0.4, 0.5) is 0 Å². The Labute approximate surface area is 155 Å². The molecule has 1 saturated carbocycles. The molecule has 26 heavy (non-hydrogen) atoms. The van der Waals surface area contributed by atoms with Crippen LogP contribution in [0.3, 0.4) is 0 Å². The number of aliphatic carboxylic acids is 2. The molecule has 2 fully saturated rings. The van der Waals surface area contributed by atoms with Crippen LogP contribution in [0.1, 0.15) is 52.4 Å². The van der Waals surface area contributed by atoms with Crippen molar-refractivity contribution in [3.8, 4) is 0 Å². The summed E-state index contributed by atoms with van der Waals surface area (Å²) in [4.78, 5) is 23.0. The van der Waals surface area contributed by atoms with E-state index >= 15 is 0 Å². The Hall–Kier alpha value is -1.22. The Morgan fingerprint density at radius 1 is 1.19 bits per heavy atom. The van der Waals surface area contributed by atoms with E-state index in [1.54, 1.807) is 6.92 Å². The van der Waals surface area contributed by atoms with E-state index in [9.17, 15) is 14.7 Å². The minimum absolute atomic E-state index is 0.173. The van der Waals surface area contributed by atoms with E-state index in [-0.39, 0.29) is 18.4 Å². The fourth-order valence-electron chi connectivity index (χ4n) is 3.82. The number of nitrogens with two attached hydrogens (primary N) is 1. The van der Waals surface area contributed by atoms with E-state index in [2.05, 4.69) is 6.92 Å². The maximum atomic E-state index is 10.7.